The summed E-state index contributed by atoms with van der Waals surface area (Å²) < 4.78 is 15.5. The van der Waals surface area contributed by atoms with Gasteiger partial charge in [0.1, 0.15) is 22.2 Å². The smallest absolute Gasteiger partial charge is 0.234 e. The molecule has 0 unspecified atom stereocenters. The van der Waals surface area contributed by atoms with Crippen LogP contribution in [0.5, 0.6) is 0 Å². The van der Waals surface area contributed by atoms with Crippen LogP contribution in [0.2, 0.25) is 0 Å². The fourth-order valence-corrected chi connectivity index (χ4v) is 2.52. The van der Waals surface area contributed by atoms with Crippen LogP contribution in [0.15, 0.2) is 24.3 Å². The van der Waals surface area contributed by atoms with Gasteiger partial charge in [-0.25, -0.2) is 4.39 Å². The number of hydrogen-bond acceptors (Lipinski definition) is 6. The van der Waals surface area contributed by atoms with Gasteiger partial charge in [-0.2, -0.15) is 4.68 Å². The summed E-state index contributed by atoms with van der Waals surface area (Å²) in [4.78, 5) is 0. The zero-order valence-corrected chi connectivity index (χ0v) is 11.4. The van der Waals surface area contributed by atoms with Crippen LogP contribution in [-0.2, 0) is 6.54 Å². The molecule has 102 valence electrons. The Balaban J connectivity index is 2.23. The summed E-state index contributed by atoms with van der Waals surface area (Å²) in [7, 11) is 0. The molecule has 0 bridgehead atoms. The lowest BCUT2D eigenvalue weighted by molar-refractivity contribution is 0.629. The van der Waals surface area contributed by atoms with Crippen molar-refractivity contribution in [2.24, 2.45) is 5.73 Å². The molecule has 1 aromatic carbocycles. The van der Waals surface area contributed by atoms with Gasteiger partial charge in [-0.05, 0) is 19.1 Å². The summed E-state index contributed by atoms with van der Waals surface area (Å²) in [6, 6.07) is 6.43. The molecule has 3 rings (SSSR count). The van der Waals surface area contributed by atoms with Gasteiger partial charge in [0.25, 0.3) is 0 Å². The summed E-state index contributed by atoms with van der Waals surface area (Å²) in [5.74, 6) is -0.355. The van der Waals surface area contributed by atoms with Crippen LogP contribution < -0.4 is 5.73 Å². The number of hydrogen-bond donors (Lipinski definition) is 1. The number of aryl methyl sites for hydroxylation is 1. The SMILES string of the molecule is Cc1nnc(-n2nnc(CN)c2-c2ccccc2F)s1. The third-order valence-electron chi connectivity index (χ3n) is 2.76. The average molecular weight is 290 g/mol. The fourth-order valence-electron chi connectivity index (χ4n) is 1.88. The van der Waals surface area contributed by atoms with Crippen molar-refractivity contribution in [3.63, 3.8) is 0 Å². The van der Waals surface area contributed by atoms with Crippen molar-refractivity contribution < 1.29 is 4.39 Å². The van der Waals surface area contributed by atoms with E-state index in [2.05, 4.69) is 20.5 Å². The normalized spacial score (nSPS) is 10.9. The molecule has 2 heterocycles. The van der Waals surface area contributed by atoms with Gasteiger partial charge in [0.15, 0.2) is 0 Å². The average Bonchev–Trinajstić information content (AvgIpc) is 3.05. The van der Waals surface area contributed by atoms with E-state index in [0.29, 0.717) is 22.1 Å². The maximum atomic E-state index is 14.0. The van der Waals surface area contributed by atoms with Gasteiger partial charge in [-0.15, -0.1) is 15.3 Å². The van der Waals surface area contributed by atoms with Crippen molar-refractivity contribution in [3.05, 3.63) is 40.8 Å². The van der Waals surface area contributed by atoms with Crippen LogP contribution in [0.25, 0.3) is 16.4 Å². The molecule has 0 radical (unpaired) electrons. The highest BCUT2D eigenvalue weighted by atomic mass is 32.1. The lowest BCUT2D eigenvalue weighted by atomic mass is 10.1. The second-order valence-corrected chi connectivity index (χ2v) is 5.24. The maximum Gasteiger partial charge on any atom is 0.234 e. The lowest BCUT2D eigenvalue weighted by Crippen LogP contribution is -2.03. The van der Waals surface area contributed by atoms with Gasteiger partial charge in [0, 0.05) is 12.1 Å². The molecule has 0 aliphatic carbocycles. The van der Waals surface area contributed by atoms with Crippen molar-refractivity contribution in [1.29, 1.82) is 0 Å². The monoisotopic (exact) mass is 290 g/mol. The van der Waals surface area contributed by atoms with Crippen LogP contribution in [0.1, 0.15) is 10.7 Å². The first-order chi connectivity index (χ1) is 9.70. The zero-order chi connectivity index (χ0) is 14.1. The van der Waals surface area contributed by atoms with Crippen LogP contribution in [0, 0.1) is 12.7 Å². The fraction of sp³-hybridized carbons (Fsp3) is 0.167. The van der Waals surface area contributed by atoms with E-state index < -0.39 is 0 Å². The van der Waals surface area contributed by atoms with E-state index >= 15 is 0 Å². The van der Waals surface area contributed by atoms with E-state index in [1.165, 1.54) is 22.1 Å². The maximum absolute atomic E-state index is 14.0. The van der Waals surface area contributed by atoms with E-state index in [-0.39, 0.29) is 12.4 Å². The first-order valence-electron chi connectivity index (χ1n) is 5.90. The van der Waals surface area contributed by atoms with Gasteiger partial charge in [0.2, 0.25) is 5.13 Å². The molecule has 0 aliphatic rings. The third kappa shape index (κ3) is 2.08. The lowest BCUT2D eigenvalue weighted by Gasteiger charge is -2.05. The summed E-state index contributed by atoms with van der Waals surface area (Å²) in [6.07, 6.45) is 0. The Kier molecular flexibility index (Phi) is 3.25. The van der Waals surface area contributed by atoms with E-state index in [9.17, 15) is 4.39 Å². The summed E-state index contributed by atoms with van der Waals surface area (Å²) in [5.41, 5.74) is 7.09. The molecule has 0 atom stereocenters. The molecule has 3 aromatic rings. The van der Waals surface area contributed by atoms with Crippen LogP contribution in [0.4, 0.5) is 4.39 Å². The summed E-state index contributed by atoms with van der Waals surface area (Å²) >= 11 is 1.35. The van der Waals surface area contributed by atoms with Gasteiger partial charge in [-0.1, -0.05) is 28.7 Å². The standard InChI is InChI=1S/C12H11FN6S/c1-7-15-17-12(20-7)19-11(10(6-14)16-18-19)8-4-2-3-5-9(8)13/h2-5H,6,14H2,1H3. The Hall–Kier alpha value is -2.19. The molecule has 20 heavy (non-hydrogen) atoms. The number of rotatable bonds is 3. The molecular weight excluding hydrogens is 279 g/mol. The predicted molar refractivity (Wildman–Crippen MR) is 72.8 cm³/mol. The van der Waals surface area contributed by atoms with Gasteiger partial charge >= 0.3 is 0 Å². The van der Waals surface area contributed by atoms with E-state index in [0.717, 1.165) is 5.01 Å². The first kappa shape index (κ1) is 12.8. The zero-order valence-electron chi connectivity index (χ0n) is 10.6. The quantitative estimate of drug-likeness (QED) is 0.793. The molecular formula is C12H11FN6S. The molecule has 0 saturated heterocycles. The molecule has 0 saturated carbocycles. The molecule has 8 heteroatoms. The van der Waals surface area contributed by atoms with Crippen LogP contribution in [0.3, 0.4) is 0 Å². The second kappa shape index (κ2) is 5.06. The highest BCUT2D eigenvalue weighted by Crippen LogP contribution is 2.28. The van der Waals surface area contributed by atoms with Crippen molar-refractivity contribution in [2.75, 3.05) is 0 Å². The van der Waals surface area contributed by atoms with Crippen molar-refractivity contribution >= 4 is 11.3 Å². The molecule has 0 amide bonds. The Morgan fingerprint density at radius 3 is 2.70 bits per heavy atom. The van der Waals surface area contributed by atoms with Gasteiger partial charge in [-0.3, -0.25) is 0 Å². The van der Waals surface area contributed by atoms with E-state index in [4.69, 9.17) is 5.73 Å². The Bertz CT molecular complexity index is 750. The minimum Gasteiger partial charge on any atom is -0.325 e. The molecule has 6 nitrogen and oxygen atoms in total. The molecule has 0 aliphatic heterocycles. The minimum absolute atomic E-state index is 0.168. The number of aromatic nitrogens is 5. The third-order valence-corrected chi connectivity index (χ3v) is 3.57. The van der Waals surface area contributed by atoms with Crippen molar-refractivity contribution in [2.45, 2.75) is 13.5 Å². The van der Waals surface area contributed by atoms with Crippen molar-refractivity contribution in [3.8, 4) is 16.4 Å². The summed E-state index contributed by atoms with van der Waals surface area (Å²) in [5, 5.41) is 17.3. The highest BCUT2D eigenvalue weighted by Gasteiger charge is 2.20. The topological polar surface area (TPSA) is 82.5 Å². The molecule has 0 fully saturated rings. The number of nitrogens with two attached hydrogens (primary N) is 1. The van der Waals surface area contributed by atoms with E-state index in [1.807, 2.05) is 6.92 Å². The number of nitrogens with zero attached hydrogens (tertiary/aromatic N) is 5. The van der Waals surface area contributed by atoms with E-state index in [1.54, 1.807) is 18.2 Å². The molecule has 2 N–H and O–H groups in total. The molecule has 0 spiro atoms. The van der Waals surface area contributed by atoms with Gasteiger partial charge < -0.3 is 5.73 Å². The van der Waals surface area contributed by atoms with Crippen molar-refractivity contribution in [1.82, 2.24) is 25.2 Å². The predicted octanol–water partition coefficient (Wildman–Crippen LogP) is 1.69. The highest BCUT2D eigenvalue weighted by molar-refractivity contribution is 7.13. The molecule has 2 aromatic heterocycles. The Morgan fingerprint density at radius 1 is 1.25 bits per heavy atom. The summed E-state index contributed by atoms with van der Waals surface area (Å²) in [6.45, 7) is 2.01. The Labute approximate surface area is 118 Å². The number of halogens is 1. The second-order valence-electron chi connectivity index (χ2n) is 4.08. The van der Waals surface area contributed by atoms with Crippen LogP contribution >= 0.6 is 11.3 Å². The Morgan fingerprint density at radius 2 is 2.05 bits per heavy atom. The minimum atomic E-state index is -0.355. The number of benzene rings is 1. The largest absolute Gasteiger partial charge is 0.325 e. The first-order valence-corrected chi connectivity index (χ1v) is 6.72. The van der Waals surface area contributed by atoms with Crippen LogP contribution in [-0.4, -0.2) is 25.2 Å². The van der Waals surface area contributed by atoms with Gasteiger partial charge in [0.05, 0.1) is 0 Å².